The van der Waals surface area contributed by atoms with E-state index in [0.29, 0.717) is 16.9 Å². The quantitative estimate of drug-likeness (QED) is 0.116. The molecule has 0 aliphatic rings. The normalized spacial score (nSPS) is 10.4. The van der Waals surface area contributed by atoms with E-state index in [1.807, 2.05) is 78.9 Å². The Morgan fingerprint density at radius 1 is 0.581 bits per heavy atom. The number of hydrogen-bond donors (Lipinski definition) is 4. The largest absolute Gasteiger partial charge is 0.464 e. The average Bonchev–Trinajstić information content (AvgIpc) is 3.54. The van der Waals surface area contributed by atoms with E-state index in [0.717, 1.165) is 27.8 Å². The van der Waals surface area contributed by atoms with Crippen LogP contribution in [0.25, 0.3) is 22.5 Å². The van der Waals surface area contributed by atoms with Crippen LogP contribution in [0.4, 0.5) is 9.59 Å². The Bertz CT molecular complexity index is 1590. The van der Waals surface area contributed by atoms with Gasteiger partial charge >= 0.3 is 12.2 Å². The summed E-state index contributed by atoms with van der Waals surface area (Å²) >= 11 is 0. The van der Waals surface area contributed by atoms with Crippen LogP contribution in [0, 0.1) is 10.8 Å². The lowest BCUT2D eigenvalue weighted by Gasteiger charge is -2.10. The molecule has 0 fully saturated rings. The molecule has 5 aromatic rings. The van der Waals surface area contributed by atoms with Gasteiger partial charge in [0.25, 0.3) is 0 Å². The molecule has 4 aromatic carbocycles. The first-order valence-electron chi connectivity index (χ1n) is 13.4. The van der Waals surface area contributed by atoms with Crippen LogP contribution < -0.4 is 10.6 Å². The molecule has 9 nitrogen and oxygen atoms in total. The van der Waals surface area contributed by atoms with E-state index in [-0.39, 0.29) is 24.9 Å². The number of nitrogens with one attached hydrogen (secondary N) is 4. The molecular formula is C34H28N4O5. The number of ether oxygens (including phenoxy) is 2. The van der Waals surface area contributed by atoms with Crippen LogP contribution in [0.5, 0.6) is 0 Å². The lowest BCUT2D eigenvalue weighted by molar-refractivity contribution is 0.144. The zero-order valence-electron chi connectivity index (χ0n) is 23.0. The number of rotatable bonds is 8. The Morgan fingerprint density at radius 3 is 1.49 bits per heavy atom. The number of carbonyl (C=O) groups is 2. The molecule has 2 amide bonds. The minimum atomic E-state index is -0.706. The Kier molecular flexibility index (Phi) is 9.03. The van der Waals surface area contributed by atoms with Gasteiger partial charge in [0.15, 0.2) is 0 Å². The van der Waals surface area contributed by atoms with E-state index in [9.17, 15) is 9.59 Å². The number of amidine groups is 2. The van der Waals surface area contributed by atoms with E-state index >= 15 is 0 Å². The Balaban J connectivity index is 1.17. The third-order valence-electron chi connectivity index (χ3n) is 6.47. The van der Waals surface area contributed by atoms with Crippen molar-refractivity contribution < 1.29 is 23.5 Å². The third kappa shape index (κ3) is 7.62. The predicted octanol–water partition coefficient (Wildman–Crippen LogP) is 7.12. The number of amides is 2. The summed E-state index contributed by atoms with van der Waals surface area (Å²) < 4.78 is 16.2. The number of furan rings is 1. The molecule has 0 bridgehead atoms. The fourth-order valence-corrected chi connectivity index (χ4v) is 4.23. The Hall–Kier alpha value is -5.96. The van der Waals surface area contributed by atoms with E-state index < -0.39 is 12.2 Å². The summed E-state index contributed by atoms with van der Waals surface area (Å²) in [7, 11) is 0. The van der Waals surface area contributed by atoms with Crippen molar-refractivity contribution in [2.24, 2.45) is 0 Å². The summed E-state index contributed by atoms with van der Waals surface area (Å²) in [6.07, 6.45) is 0.179. The van der Waals surface area contributed by atoms with Crippen LogP contribution >= 0.6 is 0 Å². The molecule has 0 unspecified atom stereocenters. The summed E-state index contributed by atoms with van der Waals surface area (Å²) in [4.78, 5) is 24.3. The van der Waals surface area contributed by atoms with Crippen LogP contribution in [0.3, 0.4) is 0 Å². The summed E-state index contributed by atoms with van der Waals surface area (Å²) in [5.41, 5.74) is 5.20. The first kappa shape index (κ1) is 28.6. The fourth-order valence-electron chi connectivity index (χ4n) is 4.23. The SMILES string of the molecule is N=C(NC(=O)OCc1ccccc1)c1ccc(-c2ccoc2-c2ccc(C(=N)NC(=O)OCc3ccccc3)cc2)cc1. The van der Waals surface area contributed by atoms with Crippen molar-refractivity contribution in [3.05, 3.63) is 144 Å². The Labute approximate surface area is 248 Å². The lowest BCUT2D eigenvalue weighted by atomic mass is 10.00. The van der Waals surface area contributed by atoms with Crippen molar-refractivity contribution in [2.75, 3.05) is 0 Å². The van der Waals surface area contributed by atoms with Crippen LogP contribution in [0.15, 0.2) is 126 Å². The average molecular weight is 573 g/mol. The van der Waals surface area contributed by atoms with Gasteiger partial charge in [0.05, 0.1) is 6.26 Å². The number of benzene rings is 4. The molecular weight excluding hydrogens is 544 g/mol. The van der Waals surface area contributed by atoms with Gasteiger partial charge in [-0.1, -0.05) is 109 Å². The van der Waals surface area contributed by atoms with E-state index in [4.69, 9.17) is 24.7 Å². The highest BCUT2D eigenvalue weighted by Crippen LogP contribution is 2.33. The topological polar surface area (TPSA) is 138 Å². The highest BCUT2D eigenvalue weighted by molar-refractivity contribution is 6.05. The van der Waals surface area contributed by atoms with Crippen molar-refractivity contribution in [2.45, 2.75) is 13.2 Å². The second-order valence-electron chi connectivity index (χ2n) is 9.44. The lowest BCUT2D eigenvalue weighted by Crippen LogP contribution is -2.30. The van der Waals surface area contributed by atoms with Crippen LogP contribution in [-0.2, 0) is 22.7 Å². The van der Waals surface area contributed by atoms with E-state index in [1.54, 1.807) is 42.7 Å². The van der Waals surface area contributed by atoms with Gasteiger partial charge in [-0.25, -0.2) is 9.59 Å². The summed E-state index contributed by atoms with van der Waals surface area (Å²) in [6.45, 7) is 0.224. The van der Waals surface area contributed by atoms with Gasteiger partial charge in [0.2, 0.25) is 0 Å². The van der Waals surface area contributed by atoms with Crippen molar-refractivity contribution in [3.8, 4) is 22.5 Å². The van der Waals surface area contributed by atoms with Gasteiger partial charge in [-0.15, -0.1) is 0 Å². The molecule has 1 aromatic heterocycles. The molecule has 43 heavy (non-hydrogen) atoms. The van der Waals surface area contributed by atoms with Gasteiger partial charge in [-0.3, -0.25) is 21.5 Å². The standard InChI is InChI=1S/C34H28N4O5/c35-31(37-33(39)42-21-23-7-3-1-4-8-23)27-15-11-25(12-16-27)29-19-20-41-30(29)26-13-17-28(18-14-26)32(36)38-34(40)43-22-24-9-5-2-6-10-24/h1-20H,21-22H2,(H2,35,37,39)(H2,36,38,40). The van der Waals surface area contributed by atoms with Gasteiger partial charge < -0.3 is 13.9 Å². The van der Waals surface area contributed by atoms with Crippen LogP contribution in [-0.4, -0.2) is 23.9 Å². The summed E-state index contributed by atoms with van der Waals surface area (Å²) in [6, 6.07) is 34.6. The van der Waals surface area contributed by atoms with E-state index in [2.05, 4.69) is 10.6 Å². The van der Waals surface area contributed by atoms with Crippen LogP contribution in [0.1, 0.15) is 22.3 Å². The highest BCUT2D eigenvalue weighted by atomic mass is 16.6. The van der Waals surface area contributed by atoms with Gasteiger partial charge in [-0.2, -0.15) is 0 Å². The van der Waals surface area contributed by atoms with Crippen molar-refractivity contribution >= 4 is 23.9 Å². The predicted molar refractivity (Wildman–Crippen MR) is 163 cm³/mol. The maximum Gasteiger partial charge on any atom is 0.413 e. The molecule has 0 atom stereocenters. The molecule has 0 saturated heterocycles. The van der Waals surface area contributed by atoms with Crippen molar-refractivity contribution in [3.63, 3.8) is 0 Å². The molecule has 0 aliphatic carbocycles. The third-order valence-corrected chi connectivity index (χ3v) is 6.47. The number of carbonyl (C=O) groups excluding carboxylic acids is 2. The Morgan fingerprint density at radius 2 is 1.02 bits per heavy atom. The van der Waals surface area contributed by atoms with Crippen LogP contribution in [0.2, 0.25) is 0 Å². The maximum absolute atomic E-state index is 12.1. The zero-order chi connectivity index (χ0) is 30.0. The van der Waals surface area contributed by atoms with E-state index in [1.165, 1.54) is 0 Å². The monoisotopic (exact) mass is 572 g/mol. The molecule has 0 spiro atoms. The molecule has 214 valence electrons. The number of hydrogen-bond acceptors (Lipinski definition) is 7. The first-order valence-corrected chi connectivity index (χ1v) is 13.4. The molecule has 0 radical (unpaired) electrons. The summed E-state index contributed by atoms with van der Waals surface area (Å²) in [5, 5.41) is 21.4. The van der Waals surface area contributed by atoms with Gasteiger partial charge in [0.1, 0.15) is 30.6 Å². The minimum absolute atomic E-state index is 0.0763. The van der Waals surface area contributed by atoms with Crippen molar-refractivity contribution in [1.82, 2.24) is 10.6 Å². The van der Waals surface area contributed by atoms with Crippen molar-refractivity contribution in [1.29, 1.82) is 10.8 Å². The highest BCUT2D eigenvalue weighted by Gasteiger charge is 2.14. The smallest absolute Gasteiger partial charge is 0.413 e. The zero-order valence-corrected chi connectivity index (χ0v) is 23.0. The molecule has 5 rings (SSSR count). The first-order chi connectivity index (χ1) is 21.0. The second-order valence-corrected chi connectivity index (χ2v) is 9.44. The molecule has 0 saturated carbocycles. The fraction of sp³-hybridized carbons (Fsp3) is 0.0588. The summed E-state index contributed by atoms with van der Waals surface area (Å²) in [5.74, 6) is 0.464. The molecule has 1 heterocycles. The van der Waals surface area contributed by atoms with Gasteiger partial charge in [0, 0.05) is 22.3 Å². The van der Waals surface area contributed by atoms with Gasteiger partial charge in [-0.05, 0) is 22.8 Å². The second kappa shape index (κ2) is 13.6. The maximum atomic E-state index is 12.1. The minimum Gasteiger partial charge on any atom is -0.464 e. The molecule has 0 aliphatic heterocycles. The molecule has 4 N–H and O–H groups in total. The number of alkyl carbamates (subject to hydrolysis) is 2. The molecule has 9 heteroatoms.